The minimum atomic E-state index is -0.832. The monoisotopic (exact) mass is 326 g/mol. The van der Waals surface area contributed by atoms with Gasteiger partial charge < -0.3 is 10.1 Å². The number of pyridine rings is 1. The highest BCUT2D eigenvalue weighted by molar-refractivity contribution is 6.35. The highest BCUT2D eigenvalue weighted by Gasteiger charge is 2.11. The number of carbonyl (C=O) groups excluding carboxylic acids is 2. The number of rotatable bonds is 6. The maximum atomic E-state index is 11.6. The van der Waals surface area contributed by atoms with E-state index in [-0.39, 0.29) is 6.54 Å². The van der Waals surface area contributed by atoms with E-state index in [0.29, 0.717) is 6.61 Å². The quantitative estimate of drug-likeness (QED) is 0.475. The number of hydrogen-bond donors (Lipinski definition) is 2. The summed E-state index contributed by atoms with van der Waals surface area (Å²) in [7, 11) is 0. The number of carbonyl (C=O) groups is 2. The van der Waals surface area contributed by atoms with Crippen molar-refractivity contribution in [1.82, 2.24) is 15.7 Å². The van der Waals surface area contributed by atoms with Gasteiger partial charge in [-0.1, -0.05) is 6.07 Å². The van der Waals surface area contributed by atoms with Crippen molar-refractivity contribution in [2.75, 3.05) is 6.61 Å². The van der Waals surface area contributed by atoms with Gasteiger partial charge >= 0.3 is 11.8 Å². The van der Waals surface area contributed by atoms with Gasteiger partial charge in [0, 0.05) is 18.9 Å². The Balaban J connectivity index is 1.78. The summed E-state index contributed by atoms with van der Waals surface area (Å²) in [6.45, 7) is 2.73. The first-order valence-corrected chi connectivity index (χ1v) is 7.42. The summed E-state index contributed by atoms with van der Waals surface area (Å²) in [5.74, 6) is -0.836. The smallest absolute Gasteiger partial charge is 0.329 e. The van der Waals surface area contributed by atoms with E-state index in [4.69, 9.17) is 4.74 Å². The fourth-order valence-electron chi connectivity index (χ4n) is 1.80. The molecule has 24 heavy (non-hydrogen) atoms. The lowest BCUT2D eigenvalue weighted by atomic mass is 10.2. The Morgan fingerprint density at radius 1 is 1.21 bits per heavy atom. The van der Waals surface area contributed by atoms with Crippen molar-refractivity contribution >= 4 is 18.0 Å². The van der Waals surface area contributed by atoms with Crippen LogP contribution in [0.4, 0.5) is 0 Å². The zero-order chi connectivity index (χ0) is 17.2. The second-order valence-corrected chi connectivity index (χ2v) is 4.75. The third-order valence-corrected chi connectivity index (χ3v) is 2.95. The maximum absolute atomic E-state index is 11.6. The second kappa shape index (κ2) is 9.04. The van der Waals surface area contributed by atoms with E-state index in [1.165, 1.54) is 6.21 Å². The van der Waals surface area contributed by atoms with Gasteiger partial charge in [0.1, 0.15) is 5.75 Å². The van der Waals surface area contributed by atoms with Gasteiger partial charge in [-0.25, -0.2) is 5.43 Å². The first-order chi connectivity index (χ1) is 11.7. The van der Waals surface area contributed by atoms with E-state index >= 15 is 0 Å². The number of amides is 2. The molecular weight excluding hydrogens is 308 g/mol. The third kappa shape index (κ3) is 5.53. The van der Waals surface area contributed by atoms with Crippen molar-refractivity contribution < 1.29 is 14.3 Å². The first kappa shape index (κ1) is 17.1. The van der Waals surface area contributed by atoms with Crippen molar-refractivity contribution in [1.29, 1.82) is 0 Å². The third-order valence-electron chi connectivity index (χ3n) is 2.95. The normalized spacial score (nSPS) is 10.4. The van der Waals surface area contributed by atoms with Crippen LogP contribution >= 0.6 is 0 Å². The lowest BCUT2D eigenvalue weighted by molar-refractivity contribution is -0.139. The molecule has 0 radical (unpaired) electrons. The molecule has 124 valence electrons. The second-order valence-electron chi connectivity index (χ2n) is 4.75. The van der Waals surface area contributed by atoms with Gasteiger partial charge in [-0.15, -0.1) is 0 Å². The molecule has 0 bridgehead atoms. The summed E-state index contributed by atoms with van der Waals surface area (Å²) in [6.07, 6.45) is 4.69. The Hall–Kier alpha value is -3.22. The van der Waals surface area contributed by atoms with Crippen LogP contribution < -0.4 is 15.5 Å². The molecule has 1 aromatic carbocycles. The lowest BCUT2D eigenvalue weighted by Gasteiger charge is -2.04. The summed E-state index contributed by atoms with van der Waals surface area (Å²) in [5.41, 5.74) is 3.75. The molecule has 0 fully saturated rings. The van der Waals surface area contributed by atoms with Crippen LogP contribution in [-0.4, -0.2) is 29.6 Å². The highest BCUT2D eigenvalue weighted by Crippen LogP contribution is 2.10. The molecule has 0 aliphatic heterocycles. The van der Waals surface area contributed by atoms with Gasteiger partial charge in [-0.3, -0.25) is 14.6 Å². The molecule has 0 aliphatic carbocycles. The van der Waals surface area contributed by atoms with Crippen molar-refractivity contribution in [2.45, 2.75) is 13.5 Å². The average Bonchev–Trinajstić information content (AvgIpc) is 2.62. The zero-order valence-corrected chi connectivity index (χ0v) is 13.2. The average molecular weight is 326 g/mol. The fourth-order valence-corrected chi connectivity index (χ4v) is 1.80. The molecule has 2 aromatic rings. The molecule has 2 rings (SSSR count). The molecule has 0 aliphatic rings. The summed E-state index contributed by atoms with van der Waals surface area (Å²) in [5, 5.41) is 6.24. The van der Waals surface area contributed by atoms with E-state index < -0.39 is 11.8 Å². The maximum Gasteiger partial charge on any atom is 0.329 e. The SMILES string of the molecule is CCOc1ccc(/C=N\NC(=O)C(=O)NCc2cccnc2)cc1. The standard InChI is InChI=1S/C17H18N4O3/c1-2-24-15-7-5-13(6-8-15)12-20-21-17(23)16(22)19-11-14-4-3-9-18-10-14/h3-10,12H,2,11H2,1H3,(H,19,22)(H,21,23)/b20-12-. The Bertz CT molecular complexity index is 700. The number of hydrazone groups is 1. The summed E-state index contributed by atoms with van der Waals surface area (Å²) in [4.78, 5) is 27.2. The summed E-state index contributed by atoms with van der Waals surface area (Å²) < 4.78 is 5.33. The van der Waals surface area contributed by atoms with E-state index in [0.717, 1.165) is 16.9 Å². The molecule has 0 unspecified atom stereocenters. The van der Waals surface area contributed by atoms with Crippen LogP contribution in [0.3, 0.4) is 0 Å². The van der Waals surface area contributed by atoms with E-state index in [9.17, 15) is 9.59 Å². The molecule has 1 heterocycles. The number of nitrogens with one attached hydrogen (secondary N) is 2. The Morgan fingerprint density at radius 3 is 2.67 bits per heavy atom. The van der Waals surface area contributed by atoms with Gasteiger partial charge in [0.2, 0.25) is 0 Å². The predicted octanol–water partition coefficient (Wildman–Crippen LogP) is 1.25. The molecule has 7 nitrogen and oxygen atoms in total. The van der Waals surface area contributed by atoms with E-state index in [2.05, 4.69) is 20.8 Å². The van der Waals surface area contributed by atoms with Crippen LogP contribution in [-0.2, 0) is 16.1 Å². The number of benzene rings is 1. The van der Waals surface area contributed by atoms with Crippen LogP contribution in [0.15, 0.2) is 53.9 Å². The molecule has 7 heteroatoms. The minimum absolute atomic E-state index is 0.225. The molecule has 1 aromatic heterocycles. The number of ether oxygens (including phenoxy) is 1. The molecule has 2 amide bonds. The van der Waals surface area contributed by atoms with Crippen molar-refractivity contribution in [3.05, 3.63) is 59.9 Å². The molecule has 0 atom stereocenters. The summed E-state index contributed by atoms with van der Waals surface area (Å²) in [6, 6.07) is 10.7. The van der Waals surface area contributed by atoms with Crippen LogP contribution in [0.5, 0.6) is 5.75 Å². The minimum Gasteiger partial charge on any atom is -0.494 e. The highest BCUT2D eigenvalue weighted by atomic mass is 16.5. The largest absolute Gasteiger partial charge is 0.494 e. The predicted molar refractivity (Wildman–Crippen MR) is 89.4 cm³/mol. The van der Waals surface area contributed by atoms with Crippen molar-refractivity contribution in [2.24, 2.45) is 5.10 Å². The first-order valence-electron chi connectivity index (χ1n) is 7.42. The van der Waals surface area contributed by atoms with Crippen LogP contribution in [0, 0.1) is 0 Å². The Kier molecular flexibility index (Phi) is 6.46. The summed E-state index contributed by atoms with van der Waals surface area (Å²) >= 11 is 0. The van der Waals surface area contributed by atoms with Crippen molar-refractivity contribution in [3.8, 4) is 5.75 Å². The van der Waals surface area contributed by atoms with Gasteiger partial charge in [0.15, 0.2) is 0 Å². The molecule has 0 saturated heterocycles. The van der Waals surface area contributed by atoms with E-state index in [1.54, 1.807) is 48.8 Å². The fraction of sp³-hybridized carbons (Fsp3) is 0.176. The van der Waals surface area contributed by atoms with E-state index in [1.807, 2.05) is 6.92 Å². The molecule has 0 saturated carbocycles. The van der Waals surface area contributed by atoms with Crippen molar-refractivity contribution in [3.63, 3.8) is 0 Å². The topological polar surface area (TPSA) is 92.7 Å². The van der Waals surface area contributed by atoms with Gasteiger partial charge in [-0.2, -0.15) is 5.10 Å². The van der Waals surface area contributed by atoms with Crippen LogP contribution in [0.25, 0.3) is 0 Å². The van der Waals surface area contributed by atoms with Gasteiger partial charge in [-0.05, 0) is 48.4 Å². The molecule has 0 spiro atoms. The van der Waals surface area contributed by atoms with Crippen LogP contribution in [0.2, 0.25) is 0 Å². The molecule has 2 N–H and O–H groups in total. The number of hydrogen-bond acceptors (Lipinski definition) is 5. The Morgan fingerprint density at radius 2 is 2.00 bits per heavy atom. The number of aromatic nitrogens is 1. The molecular formula is C17H18N4O3. The van der Waals surface area contributed by atoms with Crippen LogP contribution in [0.1, 0.15) is 18.1 Å². The lowest BCUT2D eigenvalue weighted by Crippen LogP contribution is -2.37. The Labute approximate surface area is 139 Å². The van der Waals surface area contributed by atoms with Gasteiger partial charge in [0.05, 0.1) is 12.8 Å². The number of nitrogens with zero attached hydrogens (tertiary/aromatic N) is 2. The van der Waals surface area contributed by atoms with Gasteiger partial charge in [0.25, 0.3) is 0 Å². The zero-order valence-electron chi connectivity index (χ0n) is 13.2.